The van der Waals surface area contributed by atoms with Gasteiger partial charge in [-0.05, 0) is 20.8 Å². The lowest BCUT2D eigenvalue weighted by atomic mass is 10.1. The van der Waals surface area contributed by atoms with Crippen LogP contribution in [0.2, 0.25) is 0 Å². The molecule has 1 aromatic heterocycles. The van der Waals surface area contributed by atoms with Crippen molar-refractivity contribution in [1.82, 2.24) is 20.2 Å². The summed E-state index contributed by atoms with van der Waals surface area (Å²) >= 11 is 1.66. The molecule has 1 heterocycles. The third-order valence-electron chi connectivity index (χ3n) is 2.95. The van der Waals surface area contributed by atoms with Gasteiger partial charge in [-0.15, -0.1) is 6.58 Å². The van der Waals surface area contributed by atoms with Crippen LogP contribution in [0.4, 0.5) is 4.79 Å². The quantitative estimate of drug-likeness (QED) is 0.510. The van der Waals surface area contributed by atoms with Gasteiger partial charge in [-0.2, -0.15) is 11.8 Å². The zero-order chi connectivity index (χ0) is 17.5. The van der Waals surface area contributed by atoms with Crippen molar-refractivity contribution >= 4 is 17.8 Å². The number of aromatic amines is 1. The summed E-state index contributed by atoms with van der Waals surface area (Å²) in [5.41, 5.74) is -1.08. The first kappa shape index (κ1) is 19.1. The second kappa shape index (κ2) is 8.61. The second-order valence-electron chi connectivity index (χ2n) is 5.93. The van der Waals surface area contributed by atoms with Crippen LogP contribution in [0.3, 0.4) is 0 Å². The Labute approximate surface area is 139 Å². The van der Waals surface area contributed by atoms with Gasteiger partial charge in [-0.3, -0.25) is 14.3 Å². The van der Waals surface area contributed by atoms with E-state index in [1.54, 1.807) is 17.8 Å². The molecule has 0 saturated heterocycles. The van der Waals surface area contributed by atoms with Crippen LogP contribution >= 0.6 is 11.8 Å². The number of aromatic nitrogens is 2. The van der Waals surface area contributed by atoms with Gasteiger partial charge in [-0.25, -0.2) is 9.59 Å². The molecule has 23 heavy (non-hydrogen) atoms. The monoisotopic (exact) mass is 340 g/mol. The minimum atomic E-state index is -0.489. The maximum atomic E-state index is 11.8. The molecule has 0 spiro atoms. The highest BCUT2D eigenvalue weighted by atomic mass is 32.2. The van der Waals surface area contributed by atoms with Crippen LogP contribution < -0.4 is 21.9 Å². The Kier molecular flexibility index (Phi) is 7.15. The SMILES string of the molecule is C=CCSCCNC(=O)NCc1cn(C(C)(C)C)c(=O)[nH]c1=O. The zero-order valence-electron chi connectivity index (χ0n) is 13.8. The highest BCUT2D eigenvalue weighted by molar-refractivity contribution is 7.99. The van der Waals surface area contributed by atoms with Crippen molar-refractivity contribution in [3.63, 3.8) is 0 Å². The van der Waals surface area contributed by atoms with E-state index >= 15 is 0 Å². The van der Waals surface area contributed by atoms with Gasteiger partial charge >= 0.3 is 11.7 Å². The Bertz CT molecular complexity index is 658. The number of carbonyl (C=O) groups excluding carboxylic acids is 1. The highest BCUT2D eigenvalue weighted by Crippen LogP contribution is 2.09. The van der Waals surface area contributed by atoms with E-state index in [4.69, 9.17) is 0 Å². The molecule has 0 aromatic carbocycles. The molecule has 0 aliphatic heterocycles. The lowest BCUT2D eigenvalue weighted by Crippen LogP contribution is -2.42. The third-order valence-corrected chi connectivity index (χ3v) is 3.91. The number of hydrogen-bond donors (Lipinski definition) is 3. The molecule has 7 nitrogen and oxygen atoms in total. The van der Waals surface area contributed by atoms with Gasteiger partial charge in [-0.1, -0.05) is 6.08 Å². The minimum Gasteiger partial charge on any atom is -0.337 e. The Hall–Kier alpha value is -1.96. The number of nitrogens with one attached hydrogen (secondary N) is 3. The molecule has 0 radical (unpaired) electrons. The number of nitrogens with zero attached hydrogens (tertiary/aromatic N) is 1. The van der Waals surface area contributed by atoms with Crippen molar-refractivity contribution in [3.05, 3.63) is 45.3 Å². The van der Waals surface area contributed by atoms with Crippen LogP contribution in [0.5, 0.6) is 0 Å². The fraction of sp³-hybridized carbons (Fsp3) is 0.533. The maximum absolute atomic E-state index is 11.8. The van der Waals surface area contributed by atoms with E-state index in [1.807, 2.05) is 20.8 Å². The van der Waals surface area contributed by atoms with E-state index < -0.39 is 16.8 Å². The summed E-state index contributed by atoms with van der Waals surface area (Å²) in [5.74, 6) is 1.63. The van der Waals surface area contributed by atoms with Crippen molar-refractivity contribution in [2.24, 2.45) is 0 Å². The summed E-state index contributed by atoms with van der Waals surface area (Å²) in [7, 11) is 0. The normalized spacial score (nSPS) is 11.1. The first-order chi connectivity index (χ1) is 10.8. The van der Waals surface area contributed by atoms with Gasteiger partial charge in [0.15, 0.2) is 0 Å². The van der Waals surface area contributed by atoms with Crippen LogP contribution in [0.25, 0.3) is 0 Å². The molecule has 128 valence electrons. The Balaban J connectivity index is 2.61. The molecule has 3 N–H and O–H groups in total. The molecule has 2 amide bonds. The van der Waals surface area contributed by atoms with Crippen molar-refractivity contribution in [2.75, 3.05) is 18.1 Å². The molecule has 8 heteroatoms. The number of hydrogen-bond acceptors (Lipinski definition) is 4. The van der Waals surface area contributed by atoms with Crippen LogP contribution in [0, 0.1) is 0 Å². The summed E-state index contributed by atoms with van der Waals surface area (Å²) in [6.45, 7) is 9.78. The predicted molar refractivity (Wildman–Crippen MR) is 94.1 cm³/mol. The fourth-order valence-corrected chi connectivity index (χ4v) is 2.36. The molecule has 0 unspecified atom stereocenters. The smallest absolute Gasteiger partial charge is 0.328 e. The van der Waals surface area contributed by atoms with Crippen molar-refractivity contribution in [1.29, 1.82) is 0 Å². The van der Waals surface area contributed by atoms with Gasteiger partial charge < -0.3 is 10.6 Å². The van der Waals surface area contributed by atoms with E-state index in [2.05, 4.69) is 22.2 Å². The van der Waals surface area contributed by atoms with Crippen LogP contribution in [-0.2, 0) is 12.1 Å². The number of urea groups is 1. The number of thioether (sulfide) groups is 1. The maximum Gasteiger partial charge on any atom is 0.328 e. The average molecular weight is 340 g/mol. The average Bonchev–Trinajstić information content (AvgIpc) is 2.44. The molecular weight excluding hydrogens is 316 g/mol. The fourth-order valence-electron chi connectivity index (χ4n) is 1.78. The van der Waals surface area contributed by atoms with E-state index in [-0.39, 0.29) is 12.6 Å². The predicted octanol–water partition coefficient (Wildman–Crippen LogP) is 1.01. The molecule has 1 aromatic rings. The van der Waals surface area contributed by atoms with Crippen molar-refractivity contribution in [3.8, 4) is 0 Å². The molecule has 1 rings (SSSR count). The number of rotatable bonds is 7. The Morgan fingerprint density at radius 1 is 1.39 bits per heavy atom. The summed E-state index contributed by atoms with van der Waals surface area (Å²) in [6, 6.07) is -0.350. The summed E-state index contributed by atoms with van der Waals surface area (Å²) in [6.07, 6.45) is 3.29. The third kappa shape index (κ3) is 6.35. The molecular formula is C15H24N4O3S. The van der Waals surface area contributed by atoms with Crippen LogP contribution in [-0.4, -0.2) is 33.6 Å². The van der Waals surface area contributed by atoms with Crippen molar-refractivity contribution in [2.45, 2.75) is 32.9 Å². The second-order valence-corrected chi connectivity index (χ2v) is 7.08. The number of H-pyrrole nitrogens is 1. The summed E-state index contributed by atoms with van der Waals surface area (Å²) < 4.78 is 1.44. The molecule has 0 aliphatic carbocycles. The van der Waals surface area contributed by atoms with Crippen LogP contribution in [0.1, 0.15) is 26.3 Å². The first-order valence-electron chi connectivity index (χ1n) is 7.31. The first-order valence-corrected chi connectivity index (χ1v) is 8.47. The lowest BCUT2D eigenvalue weighted by molar-refractivity contribution is 0.241. The topological polar surface area (TPSA) is 96.0 Å². The van der Waals surface area contributed by atoms with E-state index in [9.17, 15) is 14.4 Å². The van der Waals surface area contributed by atoms with Gasteiger partial charge in [0.2, 0.25) is 0 Å². The minimum absolute atomic E-state index is 0.0529. The molecule has 0 atom stereocenters. The summed E-state index contributed by atoms with van der Waals surface area (Å²) in [5, 5.41) is 5.32. The molecule has 0 saturated carbocycles. The number of carbonyl (C=O) groups is 1. The Morgan fingerprint density at radius 2 is 2.09 bits per heavy atom. The molecule has 0 aliphatic rings. The largest absolute Gasteiger partial charge is 0.337 e. The van der Waals surface area contributed by atoms with E-state index in [1.165, 1.54) is 10.8 Å². The Morgan fingerprint density at radius 3 is 2.70 bits per heavy atom. The van der Waals surface area contributed by atoms with E-state index in [0.29, 0.717) is 12.1 Å². The zero-order valence-corrected chi connectivity index (χ0v) is 14.6. The lowest BCUT2D eigenvalue weighted by Gasteiger charge is -2.22. The van der Waals surface area contributed by atoms with Crippen molar-refractivity contribution < 1.29 is 4.79 Å². The number of amides is 2. The van der Waals surface area contributed by atoms with Gasteiger partial charge in [0.1, 0.15) is 0 Å². The van der Waals surface area contributed by atoms with E-state index in [0.717, 1.165) is 11.5 Å². The standard InChI is InChI=1S/C15H24N4O3S/c1-5-7-23-8-6-16-13(21)17-9-11-10-19(15(2,3)4)14(22)18-12(11)20/h5,10H,1,6-9H2,2-4H3,(H2,16,17,21)(H,18,20,22). The molecule has 0 fully saturated rings. The van der Waals surface area contributed by atoms with Gasteiger partial charge in [0.05, 0.1) is 12.1 Å². The highest BCUT2D eigenvalue weighted by Gasteiger charge is 2.16. The summed E-state index contributed by atoms with van der Waals surface area (Å²) in [4.78, 5) is 37.6. The van der Waals surface area contributed by atoms with Gasteiger partial charge in [0.25, 0.3) is 5.56 Å². The van der Waals surface area contributed by atoms with Crippen LogP contribution in [0.15, 0.2) is 28.4 Å². The molecule has 0 bridgehead atoms. The van der Waals surface area contributed by atoms with Gasteiger partial charge in [0, 0.05) is 29.8 Å².